The van der Waals surface area contributed by atoms with E-state index in [2.05, 4.69) is 46.0 Å². The van der Waals surface area contributed by atoms with E-state index in [1.54, 1.807) is 6.08 Å². The fourth-order valence-electron chi connectivity index (χ4n) is 2.01. The van der Waals surface area contributed by atoms with Crippen molar-refractivity contribution in [2.75, 3.05) is 11.9 Å². The largest absolute Gasteiger partial charge is 0.478 e. The lowest BCUT2D eigenvalue weighted by atomic mass is 10.1. The van der Waals surface area contributed by atoms with E-state index in [1.807, 2.05) is 31.3 Å². The van der Waals surface area contributed by atoms with E-state index in [9.17, 15) is 4.79 Å². The number of rotatable bonds is 4. The van der Waals surface area contributed by atoms with Gasteiger partial charge in [-0.1, -0.05) is 34.1 Å². The quantitative estimate of drug-likeness (QED) is 0.821. The molecule has 0 atom stereocenters. The van der Waals surface area contributed by atoms with Crippen molar-refractivity contribution in [2.24, 2.45) is 0 Å². The zero-order chi connectivity index (χ0) is 15.4. The van der Waals surface area contributed by atoms with Crippen molar-refractivity contribution in [3.8, 4) is 0 Å². The fourth-order valence-corrected chi connectivity index (χ4v) is 2.51. The average Bonchev–Trinajstić information content (AvgIpc) is 2.45. The van der Waals surface area contributed by atoms with E-state index < -0.39 is 5.97 Å². The summed E-state index contributed by atoms with van der Waals surface area (Å²) in [5.41, 5.74) is 4.17. The first-order valence-electron chi connectivity index (χ1n) is 6.48. The lowest BCUT2D eigenvalue weighted by Crippen LogP contribution is -2.09. The maximum Gasteiger partial charge on any atom is 0.328 e. The number of hydrogen-bond acceptors (Lipinski definition) is 2. The summed E-state index contributed by atoms with van der Waals surface area (Å²) in [7, 11) is 2.00. The van der Waals surface area contributed by atoms with E-state index >= 15 is 0 Å². The van der Waals surface area contributed by atoms with Crippen LogP contribution in [0.5, 0.6) is 0 Å². The van der Waals surface area contributed by atoms with Gasteiger partial charge in [-0.2, -0.15) is 0 Å². The Labute approximate surface area is 132 Å². The van der Waals surface area contributed by atoms with Gasteiger partial charge in [-0.25, -0.2) is 4.79 Å². The monoisotopic (exact) mass is 345 g/mol. The first-order valence-corrected chi connectivity index (χ1v) is 7.27. The summed E-state index contributed by atoms with van der Waals surface area (Å²) in [6.07, 6.45) is 2.70. The lowest BCUT2D eigenvalue weighted by molar-refractivity contribution is -0.131. The number of nitrogens with zero attached hydrogens (tertiary/aromatic N) is 1. The molecule has 0 aromatic heterocycles. The highest BCUT2D eigenvalue weighted by molar-refractivity contribution is 9.10. The summed E-state index contributed by atoms with van der Waals surface area (Å²) in [6.45, 7) is 2.06. The maximum atomic E-state index is 10.6. The summed E-state index contributed by atoms with van der Waals surface area (Å²) >= 11 is 3.48. The predicted molar refractivity (Wildman–Crippen MR) is 90.1 cm³/mol. The second-order valence-corrected chi connectivity index (χ2v) is 5.63. The molecular weight excluding hydrogens is 330 g/mol. The van der Waals surface area contributed by atoms with Gasteiger partial charge in [0.15, 0.2) is 0 Å². The van der Waals surface area contributed by atoms with Crippen LogP contribution in [0.2, 0.25) is 0 Å². The van der Waals surface area contributed by atoms with Crippen LogP contribution < -0.4 is 4.90 Å². The van der Waals surface area contributed by atoms with Gasteiger partial charge in [-0.3, -0.25) is 0 Å². The summed E-state index contributed by atoms with van der Waals surface area (Å²) in [4.78, 5) is 12.7. The topological polar surface area (TPSA) is 40.5 Å². The number of aliphatic carboxylic acids is 1. The van der Waals surface area contributed by atoms with E-state index in [-0.39, 0.29) is 0 Å². The number of halogens is 1. The van der Waals surface area contributed by atoms with Crippen molar-refractivity contribution in [3.05, 3.63) is 64.1 Å². The molecule has 3 nitrogen and oxygen atoms in total. The average molecular weight is 346 g/mol. The summed E-state index contributed by atoms with van der Waals surface area (Å²) in [5.74, 6) is -0.956. The molecule has 0 bridgehead atoms. The third kappa shape index (κ3) is 3.95. The van der Waals surface area contributed by atoms with Crippen LogP contribution in [0.1, 0.15) is 11.1 Å². The van der Waals surface area contributed by atoms with E-state index in [0.29, 0.717) is 0 Å². The molecule has 0 saturated carbocycles. The summed E-state index contributed by atoms with van der Waals surface area (Å²) < 4.78 is 0.858. The van der Waals surface area contributed by atoms with Crippen LogP contribution in [0.3, 0.4) is 0 Å². The number of hydrogen-bond donors (Lipinski definition) is 1. The van der Waals surface area contributed by atoms with Crippen molar-refractivity contribution >= 4 is 39.4 Å². The Morgan fingerprint density at radius 1 is 1.19 bits per heavy atom. The lowest BCUT2D eigenvalue weighted by Gasteiger charge is -2.20. The molecule has 0 aliphatic carbocycles. The van der Waals surface area contributed by atoms with E-state index in [0.717, 1.165) is 27.5 Å². The number of aryl methyl sites for hydroxylation is 1. The molecule has 0 fully saturated rings. The molecule has 0 unspecified atom stereocenters. The Hall–Kier alpha value is -2.07. The Morgan fingerprint density at radius 2 is 1.90 bits per heavy atom. The van der Waals surface area contributed by atoms with E-state index in [4.69, 9.17) is 5.11 Å². The normalized spacial score (nSPS) is 10.8. The Kier molecular flexibility index (Phi) is 4.81. The smallest absolute Gasteiger partial charge is 0.328 e. The van der Waals surface area contributed by atoms with Crippen LogP contribution in [0, 0.1) is 6.92 Å². The van der Waals surface area contributed by atoms with Crippen molar-refractivity contribution in [3.63, 3.8) is 0 Å². The molecule has 0 radical (unpaired) electrons. The second-order valence-electron chi connectivity index (χ2n) is 4.78. The van der Waals surface area contributed by atoms with Crippen molar-refractivity contribution in [2.45, 2.75) is 6.92 Å². The SMILES string of the molecule is Cc1cccc(N(C)c2ccc(/C=C/C(=O)O)c(Br)c2)c1. The van der Waals surface area contributed by atoms with Crippen molar-refractivity contribution in [1.29, 1.82) is 0 Å². The minimum absolute atomic E-state index is 0.832. The van der Waals surface area contributed by atoms with Gasteiger partial charge in [0.1, 0.15) is 0 Å². The molecule has 0 heterocycles. The minimum Gasteiger partial charge on any atom is -0.478 e. The van der Waals surface area contributed by atoms with Gasteiger partial charge in [0, 0.05) is 29.0 Å². The van der Waals surface area contributed by atoms with E-state index in [1.165, 1.54) is 5.56 Å². The third-order valence-electron chi connectivity index (χ3n) is 3.17. The molecule has 2 aromatic carbocycles. The predicted octanol–water partition coefficient (Wildman–Crippen LogP) is 4.62. The van der Waals surface area contributed by atoms with Gasteiger partial charge in [-0.05, 0) is 48.4 Å². The van der Waals surface area contributed by atoms with Crippen LogP contribution in [0.15, 0.2) is 53.0 Å². The number of carboxylic acid groups (broad SMARTS) is 1. The zero-order valence-electron chi connectivity index (χ0n) is 11.9. The van der Waals surface area contributed by atoms with Gasteiger partial charge in [-0.15, -0.1) is 0 Å². The van der Waals surface area contributed by atoms with Gasteiger partial charge < -0.3 is 10.0 Å². The highest BCUT2D eigenvalue weighted by Crippen LogP contribution is 2.29. The van der Waals surface area contributed by atoms with Gasteiger partial charge in [0.2, 0.25) is 0 Å². The van der Waals surface area contributed by atoms with Crippen LogP contribution in [0.4, 0.5) is 11.4 Å². The van der Waals surface area contributed by atoms with Crippen molar-refractivity contribution in [1.82, 2.24) is 0 Å². The number of anilines is 2. The molecule has 0 aliphatic rings. The molecule has 0 amide bonds. The molecule has 2 rings (SSSR count). The highest BCUT2D eigenvalue weighted by atomic mass is 79.9. The molecule has 21 heavy (non-hydrogen) atoms. The molecule has 0 spiro atoms. The van der Waals surface area contributed by atoms with Crippen LogP contribution >= 0.6 is 15.9 Å². The van der Waals surface area contributed by atoms with Gasteiger partial charge >= 0.3 is 5.97 Å². The molecular formula is C17H16BrNO2. The molecule has 108 valence electrons. The number of benzene rings is 2. The Bertz CT molecular complexity index is 695. The van der Waals surface area contributed by atoms with Gasteiger partial charge in [0.25, 0.3) is 0 Å². The molecule has 0 aliphatic heterocycles. The molecule has 1 N–H and O–H groups in total. The number of carbonyl (C=O) groups is 1. The third-order valence-corrected chi connectivity index (χ3v) is 3.85. The van der Waals surface area contributed by atoms with Gasteiger partial charge in [0.05, 0.1) is 0 Å². The Morgan fingerprint density at radius 3 is 2.52 bits per heavy atom. The standard InChI is InChI=1S/C17H16BrNO2/c1-12-4-3-5-14(10-12)19(2)15-8-6-13(16(18)11-15)7-9-17(20)21/h3-11H,1-2H3,(H,20,21)/b9-7+. The summed E-state index contributed by atoms with van der Waals surface area (Å²) in [5, 5.41) is 8.67. The van der Waals surface area contributed by atoms with Crippen LogP contribution in [-0.4, -0.2) is 18.1 Å². The summed E-state index contributed by atoms with van der Waals surface area (Å²) in [6, 6.07) is 14.1. The zero-order valence-corrected chi connectivity index (χ0v) is 13.5. The number of carboxylic acids is 1. The van der Waals surface area contributed by atoms with Crippen LogP contribution in [-0.2, 0) is 4.79 Å². The fraction of sp³-hybridized carbons (Fsp3) is 0.118. The van der Waals surface area contributed by atoms with Crippen LogP contribution in [0.25, 0.3) is 6.08 Å². The van der Waals surface area contributed by atoms with Crippen molar-refractivity contribution < 1.29 is 9.90 Å². The first-order chi connectivity index (χ1) is 9.97. The molecule has 0 saturated heterocycles. The first kappa shape index (κ1) is 15.3. The Balaban J connectivity index is 2.29. The minimum atomic E-state index is -0.956. The maximum absolute atomic E-state index is 10.6. The highest BCUT2D eigenvalue weighted by Gasteiger charge is 2.06. The second kappa shape index (κ2) is 6.59. The molecule has 4 heteroatoms. The molecule has 2 aromatic rings.